The van der Waals surface area contributed by atoms with Crippen molar-refractivity contribution in [3.63, 3.8) is 0 Å². The highest BCUT2D eigenvalue weighted by atomic mass is 79.9. The fourth-order valence-corrected chi connectivity index (χ4v) is 2.03. The van der Waals surface area contributed by atoms with Crippen molar-refractivity contribution in [2.45, 2.75) is 6.18 Å². The Morgan fingerprint density at radius 1 is 1.10 bits per heavy atom. The third kappa shape index (κ3) is 4.07. The van der Waals surface area contributed by atoms with Gasteiger partial charge >= 0.3 is 6.18 Å². The van der Waals surface area contributed by atoms with Crippen LogP contribution in [-0.4, -0.2) is 12.9 Å². The number of hydrogen-bond acceptors (Lipinski definition) is 1. The van der Waals surface area contributed by atoms with Crippen LogP contribution in [0, 0.1) is 0 Å². The molecule has 0 amide bonds. The van der Waals surface area contributed by atoms with Crippen LogP contribution in [0.3, 0.4) is 0 Å². The number of anilines is 1. The minimum absolute atomic E-state index is 0.378. The summed E-state index contributed by atoms with van der Waals surface area (Å²) in [7, 11) is 1.53. The first-order valence-electron chi connectivity index (χ1n) is 6.07. The molecule has 0 spiro atoms. The van der Waals surface area contributed by atoms with Crippen molar-refractivity contribution in [2.24, 2.45) is 4.99 Å². The van der Waals surface area contributed by atoms with Crippen LogP contribution in [0.15, 0.2) is 58.0 Å². The van der Waals surface area contributed by atoms with Gasteiger partial charge in [-0.1, -0.05) is 28.1 Å². The predicted octanol–water partition coefficient (Wildman–Crippen LogP) is 4.96. The van der Waals surface area contributed by atoms with Crippen molar-refractivity contribution < 1.29 is 13.2 Å². The van der Waals surface area contributed by atoms with E-state index < -0.39 is 11.7 Å². The van der Waals surface area contributed by atoms with Gasteiger partial charge in [0.15, 0.2) is 0 Å². The molecule has 2 aromatic carbocycles. The molecule has 2 nitrogen and oxygen atoms in total. The first kappa shape index (κ1) is 15.6. The zero-order valence-electron chi connectivity index (χ0n) is 11.1. The summed E-state index contributed by atoms with van der Waals surface area (Å²) in [6.45, 7) is 0. The van der Waals surface area contributed by atoms with Gasteiger partial charge < -0.3 is 5.32 Å². The number of halogens is 4. The Morgan fingerprint density at radius 2 is 1.76 bits per heavy atom. The van der Waals surface area contributed by atoms with Crippen LogP contribution in [-0.2, 0) is 6.18 Å². The van der Waals surface area contributed by atoms with Gasteiger partial charge in [-0.3, -0.25) is 4.99 Å². The second-order valence-corrected chi connectivity index (χ2v) is 5.20. The lowest BCUT2D eigenvalue weighted by atomic mass is 10.1. The van der Waals surface area contributed by atoms with E-state index in [0.717, 1.165) is 22.3 Å². The Balaban J connectivity index is 2.28. The molecule has 0 radical (unpaired) electrons. The Kier molecular flexibility index (Phi) is 4.67. The van der Waals surface area contributed by atoms with E-state index in [1.165, 1.54) is 13.1 Å². The number of amidine groups is 1. The summed E-state index contributed by atoms with van der Waals surface area (Å²) in [5, 5.41) is 3.01. The quantitative estimate of drug-likeness (QED) is 0.597. The monoisotopic (exact) mass is 356 g/mol. The molecule has 6 heteroatoms. The molecule has 0 unspecified atom stereocenters. The highest BCUT2D eigenvalue weighted by Crippen LogP contribution is 2.29. The molecule has 21 heavy (non-hydrogen) atoms. The fourth-order valence-electron chi connectivity index (χ4n) is 1.77. The number of nitrogens with zero attached hydrogens (tertiary/aromatic N) is 1. The summed E-state index contributed by atoms with van der Waals surface area (Å²) in [4.78, 5) is 4.03. The van der Waals surface area contributed by atoms with Gasteiger partial charge in [0, 0.05) is 22.8 Å². The van der Waals surface area contributed by atoms with E-state index in [4.69, 9.17) is 0 Å². The molecule has 110 valence electrons. The van der Waals surface area contributed by atoms with Crippen molar-refractivity contribution in [1.82, 2.24) is 0 Å². The molecule has 0 fully saturated rings. The summed E-state index contributed by atoms with van der Waals surface area (Å²) in [5.74, 6) is 0.378. The van der Waals surface area contributed by atoms with Crippen LogP contribution in [0.25, 0.3) is 0 Å². The molecule has 0 aliphatic rings. The maximum absolute atomic E-state index is 12.7. The normalized spacial score (nSPS) is 12.3. The van der Waals surface area contributed by atoms with Gasteiger partial charge in [0.25, 0.3) is 0 Å². The molecular formula is C15H12BrF3N2. The summed E-state index contributed by atoms with van der Waals surface area (Å²) >= 11 is 3.32. The maximum Gasteiger partial charge on any atom is 0.416 e. The number of benzene rings is 2. The number of rotatable bonds is 2. The van der Waals surface area contributed by atoms with Gasteiger partial charge in [0.05, 0.1) is 5.56 Å². The van der Waals surface area contributed by atoms with E-state index in [0.29, 0.717) is 11.4 Å². The summed E-state index contributed by atoms with van der Waals surface area (Å²) in [5.41, 5.74) is 0.435. The van der Waals surface area contributed by atoms with E-state index in [1.807, 2.05) is 24.3 Å². The van der Waals surface area contributed by atoms with Crippen LogP contribution >= 0.6 is 15.9 Å². The maximum atomic E-state index is 12.7. The van der Waals surface area contributed by atoms with E-state index in [9.17, 15) is 13.2 Å². The molecule has 0 saturated heterocycles. The van der Waals surface area contributed by atoms with Gasteiger partial charge in [-0.25, -0.2) is 0 Å². The highest BCUT2D eigenvalue weighted by Gasteiger charge is 2.30. The molecule has 2 aromatic rings. The smallest absolute Gasteiger partial charge is 0.340 e. The zero-order valence-corrected chi connectivity index (χ0v) is 12.7. The van der Waals surface area contributed by atoms with Crippen molar-refractivity contribution >= 4 is 27.5 Å². The van der Waals surface area contributed by atoms with Crippen molar-refractivity contribution in [1.29, 1.82) is 0 Å². The lowest BCUT2D eigenvalue weighted by molar-refractivity contribution is -0.137. The Labute approximate surface area is 128 Å². The SMILES string of the molecule is CN=C(Nc1ccc(Br)cc1)c1cccc(C(F)(F)F)c1. The third-order valence-electron chi connectivity index (χ3n) is 2.79. The molecule has 0 heterocycles. The fraction of sp³-hybridized carbons (Fsp3) is 0.133. The van der Waals surface area contributed by atoms with Crippen LogP contribution in [0.1, 0.15) is 11.1 Å². The molecule has 0 saturated carbocycles. The topological polar surface area (TPSA) is 24.4 Å². The minimum Gasteiger partial charge on any atom is -0.340 e. The van der Waals surface area contributed by atoms with Gasteiger partial charge in [-0.2, -0.15) is 13.2 Å². The molecule has 0 aliphatic carbocycles. The largest absolute Gasteiger partial charge is 0.416 e. The molecule has 0 aromatic heterocycles. The summed E-state index contributed by atoms with van der Waals surface area (Å²) < 4.78 is 39.1. The third-order valence-corrected chi connectivity index (χ3v) is 3.32. The van der Waals surface area contributed by atoms with Gasteiger partial charge in [0.2, 0.25) is 0 Å². The molecular weight excluding hydrogens is 345 g/mol. The van der Waals surface area contributed by atoms with Crippen molar-refractivity contribution in [3.05, 3.63) is 64.1 Å². The average Bonchev–Trinajstić information content (AvgIpc) is 2.46. The number of alkyl halides is 3. The molecule has 0 bridgehead atoms. The van der Waals surface area contributed by atoms with Crippen LogP contribution in [0.4, 0.5) is 18.9 Å². The minimum atomic E-state index is -4.37. The van der Waals surface area contributed by atoms with Crippen molar-refractivity contribution in [2.75, 3.05) is 12.4 Å². The number of hydrogen-bond donors (Lipinski definition) is 1. The van der Waals surface area contributed by atoms with E-state index in [-0.39, 0.29) is 0 Å². The summed E-state index contributed by atoms with van der Waals surface area (Å²) in [6, 6.07) is 12.4. The number of aliphatic imine (C=N–C) groups is 1. The lowest BCUT2D eigenvalue weighted by Crippen LogP contribution is -2.15. The first-order chi connectivity index (χ1) is 9.90. The standard InChI is InChI=1S/C15H12BrF3N2/c1-20-14(21-13-7-5-12(16)6-8-13)10-3-2-4-11(9-10)15(17,18)19/h2-9H,1H3,(H,20,21). The Morgan fingerprint density at radius 3 is 2.33 bits per heavy atom. The van der Waals surface area contributed by atoms with Crippen LogP contribution in [0.2, 0.25) is 0 Å². The molecule has 2 rings (SSSR count). The Hall–Kier alpha value is -1.82. The zero-order chi connectivity index (χ0) is 15.5. The lowest BCUT2D eigenvalue weighted by Gasteiger charge is -2.12. The van der Waals surface area contributed by atoms with Crippen LogP contribution in [0.5, 0.6) is 0 Å². The predicted molar refractivity (Wildman–Crippen MR) is 81.7 cm³/mol. The van der Waals surface area contributed by atoms with E-state index in [2.05, 4.69) is 26.2 Å². The Bertz CT molecular complexity index is 649. The van der Waals surface area contributed by atoms with E-state index >= 15 is 0 Å². The van der Waals surface area contributed by atoms with Gasteiger partial charge in [0.1, 0.15) is 5.84 Å². The van der Waals surface area contributed by atoms with Gasteiger partial charge in [-0.15, -0.1) is 0 Å². The summed E-state index contributed by atoms with van der Waals surface area (Å²) in [6.07, 6.45) is -4.37. The van der Waals surface area contributed by atoms with E-state index in [1.54, 1.807) is 6.07 Å². The van der Waals surface area contributed by atoms with Crippen molar-refractivity contribution in [3.8, 4) is 0 Å². The molecule has 0 aliphatic heterocycles. The average molecular weight is 357 g/mol. The molecule has 0 atom stereocenters. The molecule has 1 N–H and O–H groups in total. The van der Waals surface area contributed by atoms with Gasteiger partial charge in [-0.05, 0) is 36.4 Å². The second kappa shape index (κ2) is 6.30. The number of nitrogens with one attached hydrogen (secondary N) is 1. The first-order valence-corrected chi connectivity index (χ1v) is 6.86. The van der Waals surface area contributed by atoms with Crippen LogP contribution < -0.4 is 5.32 Å². The highest BCUT2D eigenvalue weighted by molar-refractivity contribution is 9.10. The second-order valence-electron chi connectivity index (χ2n) is 4.28.